The van der Waals surface area contributed by atoms with E-state index in [1.54, 1.807) is 0 Å². The summed E-state index contributed by atoms with van der Waals surface area (Å²) in [7, 11) is 0. The molecule has 0 bridgehead atoms. The summed E-state index contributed by atoms with van der Waals surface area (Å²) in [5.41, 5.74) is 3.41. The summed E-state index contributed by atoms with van der Waals surface area (Å²) in [4.78, 5) is 7.62. The minimum atomic E-state index is 1.06. The number of rotatable bonds is 0. The van der Waals surface area contributed by atoms with Crippen molar-refractivity contribution in [3.63, 3.8) is 0 Å². The van der Waals surface area contributed by atoms with Crippen molar-refractivity contribution in [3.8, 4) is 0 Å². The molecule has 2 aromatic heterocycles. The van der Waals surface area contributed by atoms with Gasteiger partial charge in [-0.1, -0.05) is 6.07 Å². The second-order valence-corrected chi connectivity index (χ2v) is 3.55. The fourth-order valence-electron chi connectivity index (χ4n) is 1.86. The zero-order valence-corrected chi connectivity index (χ0v) is 7.91. The third-order valence-electron chi connectivity index (χ3n) is 2.55. The van der Waals surface area contributed by atoms with Gasteiger partial charge in [-0.25, -0.2) is 0 Å². The van der Waals surface area contributed by atoms with Gasteiger partial charge in [0.2, 0.25) is 0 Å². The summed E-state index contributed by atoms with van der Waals surface area (Å²) in [6.07, 6.45) is 1.85. The zero-order valence-electron chi connectivity index (χ0n) is 7.91. The molecule has 2 heteroatoms. The van der Waals surface area contributed by atoms with Crippen LogP contribution >= 0.6 is 0 Å². The van der Waals surface area contributed by atoms with Crippen LogP contribution in [0.15, 0.2) is 36.5 Å². The van der Waals surface area contributed by atoms with Gasteiger partial charge in [0.15, 0.2) is 0 Å². The van der Waals surface area contributed by atoms with Crippen molar-refractivity contribution in [2.24, 2.45) is 0 Å². The van der Waals surface area contributed by atoms with Crippen LogP contribution < -0.4 is 0 Å². The van der Waals surface area contributed by atoms with Gasteiger partial charge < -0.3 is 4.98 Å². The third kappa shape index (κ3) is 0.940. The van der Waals surface area contributed by atoms with Crippen molar-refractivity contribution in [2.75, 3.05) is 0 Å². The van der Waals surface area contributed by atoms with Gasteiger partial charge in [-0.05, 0) is 31.2 Å². The van der Waals surface area contributed by atoms with Crippen LogP contribution in [-0.4, -0.2) is 9.97 Å². The summed E-state index contributed by atoms with van der Waals surface area (Å²) in [6.45, 7) is 2.06. The summed E-state index contributed by atoms with van der Waals surface area (Å²) >= 11 is 0. The van der Waals surface area contributed by atoms with Gasteiger partial charge >= 0.3 is 0 Å². The topological polar surface area (TPSA) is 28.7 Å². The highest BCUT2D eigenvalue weighted by Crippen LogP contribution is 2.23. The van der Waals surface area contributed by atoms with Gasteiger partial charge in [-0.2, -0.15) is 0 Å². The van der Waals surface area contributed by atoms with Crippen LogP contribution in [0.5, 0.6) is 0 Å². The molecule has 2 nitrogen and oxygen atoms in total. The molecule has 0 radical (unpaired) electrons. The SMILES string of the molecule is Cc1ccc2c(ccc3nccc32)[nH]1. The maximum absolute atomic E-state index is 4.28. The predicted octanol–water partition coefficient (Wildman–Crippen LogP) is 3.02. The van der Waals surface area contributed by atoms with E-state index >= 15 is 0 Å². The van der Waals surface area contributed by atoms with Crippen molar-refractivity contribution >= 4 is 21.8 Å². The molecule has 0 saturated carbocycles. The second-order valence-electron chi connectivity index (χ2n) is 3.55. The Morgan fingerprint density at radius 2 is 1.93 bits per heavy atom. The molecule has 3 rings (SSSR count). The first-order valence-corrected chi connectivity index (χ1v) is 4.68. The summed E-state index contributed by atoms with van der Waals surface area (Å²) in [5, 5.41) is 2.46. The van der Waals surface area contributed by atoms with E-state index in [-0.39, 0.29) is 0 Å². The minimum Gasteiger partial charge on any atom is -0.359 e. The van der Waals surface area contributed by atoms with E-state index in [0.717, 1.165) is 5.52 Å². The highest BCUT2D eigenvalue weighted by Gasteiger charge is 2.01. The lowest BCUT2D eigenvalue weighted by Gasteiger charge is -2.01. The maximum Gasteiger partial charge on any atom is 0.0710 e. The molecule has 0 saturated heterocycles. The first kappa shape index (κ1) is 7.56. The Hall–Kier alpha value is -1.83. The minimum absolute atomic E-state index is 1.06. The van der Waals surface area contributed by atoms with Crippen LogP contribution in [0.2, 0.25) is 0 Å². The Balaban J connectivity index is 2.57. The summed E-state index contributed by atoms with van der Waals surface area (Å²) < 4.78 is 0. The normalized spacial score (nSPS) is 11.2. The highest BCUT2D eigenvalue weighted by molar-refractivity contribution is 6.04. The van der Waals surface area contributed by atoms with Crippen molar-refractivity contribution in [2.45, 2.75) is 6.92 Å². The predicted molar refractivity (Wildman–Crippen MR) is 58.3 cm³/mol. The van der Waals surface area contributed by atoms with Crippen molar-refractivity contribution in [3.05, 3.63) is 42.2 Å². The molecule has 0 amide bonds. The van der Waals surface area contributed by atoms with Gasteiger partial charge in [0, 0.05) is 28.2 Å². The first-order chi connectivity index (χ1) is 6.84. The van der Waals surface area contributed by atoms with Crippen LogP contribution in [0.1, 0.15) is 5.69 Å². The number of aromatic nitrogens is 2. The smallest absolute Gasteiger partial charge is 0.0710 e. The molecule has 2 heterocycles. The molecule has 14 heavy (non-hydrogen) atoms. The van der Waals surface area contributed by atoms with Crippen LogP contribution in [0.25, 0.3) is 21.8 Å². The fraction of sp³-hybridized carbons (Fsp3) is 0.0833. The van der Waals surface area contributed by atoms with Crippen molar-refractivity contribution in [1.82, 2.24) is 9.97 Å². The standard InChI is InChI=1S/C12H10N2/c1-8-2-3-9-10-6-7-13-11(10)4-5-12(9)14-8/h2-7,14H,1H3. The maximum atomic E-state index is 4.28. The lowest BCUT2D eigenvalue weighted by molar-refractivity contribution is 1.26. The number of fused-ring (bicyclic) bond motifs is 3. The Morgan fingerprint density at radius 3 is 2.86 bits per heavy atom. The molecule has 0 aliphatic heterocycles. The number of hydrogen-bond acceptors (Lipinski definition) is 1. The van der Waals surface area contributed by atoms with Crippen LogP contribution in [-0.2, 0) is 0 Å². The van der Waals surface area contributed by atoms with E-state index in [1.165, 1.54) is 22.0 Å². The van der Waals surface area contributed by atoms with Crippen molar-refractivity contribution < 1.29 is 0 Å². The molecule has 0 aliphatic rings. The number of benzene rings is 1. The first-order valence-electron chi connectivity index (χ1n) is 4.68. The summed E-state index contributed by atoms with van der Waals surface area (Å²) in [5.74, 6) is 0. The monoisotopic (exact) mass is 182 g/mol. The van der Waals surface area contributed by atoms with E-state index in [0.29, 0.717) is 0 Å². The molecule has 0 spiro atoms. The van der Waals surface area contributed by atoms with E-state index in [2.05, 4.69) is 41.2 Å². The van der Waals surface area contributed by atoms with E-state index < -0.39 is 0 Å². The van der Waals surface area contributed by atoms with E-state index in [1.807, 2.05) is 12.3 Å². The highest BCUT2D eigenvalue weighted by atomic mass is 14.7. The lowest BCUT2D eigenvalue weighted by atomic mass is 10.1. The quantitative estimate of drug-likeness (QED) is 0.568. The van der Waals surface area contributed by atoms with Crippen LogP contribution in [0, 0.1) is 6.92 Å². The number of pyridine rings is 1. The molecule has 0 unspecified atom stereocenters. The largest absolute Gasteiger partial charge is 0.359 e. The molecule has 0 atom stereocenters. The molecule has 0 aliphatic carbocycles. The Labute approximate surface area is 81.6 Å². The van der Waals surface area contributed by atoms with E-state index in [4.69, 9.17) is 0 Å². The van der Waals surface area contributed by atoms with Gasteiger partial charge in [-0.15, -0.1) is 0 Å². The number of hydrogen-bond donors (Lipinski definition) is 1. The lowest BCUT2D eigenvalue weighted by Crippen LogP contribution is -1.82. The Bertz CT molecular complexity index is 608. The second kappa shape index (κ2) is 2.58. The number of aromatic amines is 1. The van der Waals surface area contributed by atoms with Gasteiger partial charge in [0.25, 0.3) is 0 Å². The average Bonchev–Trinajstić information content (AvgIpc) is 2.65. The van der Waals surface area contributed by atoms with E-state index in [9.17, 15) is 0 Å². The molecular weight excluding hydrogens is 172 g/mol. The number of nitrogens with one attached hydrogen (secondary N) is 1. The zero-order chi connectivity index (χ0) is 9.54. The average molecular weight is 182 g/mol. The van der Waals surface area contributed by atoms with Crippen molar-refractivity contribution in [1.29, 1.82) is 0 Å². The third-order valence-corrected chi connectivity index (χ3v) is 2.55. The number of nitrogens with zero attached hydrogens (tertiary/aromatic N) is 1. The Kier molecular flexibility index (Phi) is 1.39. The molecule has 3 aromatic rings. The van der Waals surface area contributed by atoms with Crippen LogP contribution in [0.4, 0.5) is 0 Å². The molecule has 0 fully saturated rings. The summed E-state index contributed by atoms with van der Waals surface area (Å²) in [6, 6.07) is 10.4. The molecule has 1 aromatic carbocycles. The molecule has 68 valence electrons. The van der Waals surface area contributed by atoms with Gasteiger partial charge in [0.05, 0.1) is 5.52 Å². The number of aryl methyl sites for hydroxylation is 1. The van der Waals surface area contributed by atoms with Crippen LogP contribution in [0.3, 0.4) is 0 Å². The number of H-pyrrole nitrogens is 1. The van der Waals surface area contributed by atoms with Gasteiger partial charge in [-0.3, -0.25) is 4.98 Å². The molecular formula is C12H10N2. The van der Waals surface area contributed by atoms with Gasteiger partial charge in [0.1, 0.15) is 0 Å². The Morgan fingerprint density at radius 1 is 1.00 bits per heavy atom. The molecule has 1 N–H and O–H groups in total. The fourth-order valence-corrected chi connectivity index (χ4v) is 1.86.